The molecule has 2 rings (SSSR count). The van der Waals surface area contributed by atoms with E-state index in [2.05, 4.69) is 10.3 Å². The van der Waals surface area contributed by atoms with Crippen molar-refractivity contribution in [3.05, 3.63) is 27.3 Å². The molecule has 0 aliphatic carbocycles. The third kappa shape index (κ3) is 3.31. The number of amides is 1. The molecule has 1 N–H and O–H groups in total. The number of rotatable bonds is 4. The fraction of sp³-hybridized carbons (Fsp3) is 0.429. The topological polar surface area (TPSA) is 46.9 Å². The van der Waals surface area contributed by atoms with Gasteiger partial charge in [-0.05, 0) is 49.4 Å². The number of benzene rings is 1. The maximum absolute atomic E-state index is 13.8. The predicted octanol–water partition coefficient (Wildman–Crippen LogP) is 3.60. The highest BCUT2D eigenvalue weighted by Gasteiger charge is 2.22. The molecular weight excluding hydrogens is 408 g/mol. The zero-order valence-corrected chi connectivity index (χ0v) is 14.9. The van der Waals surface area contributed by atoms with E-state index in [9.17, 15) is 9.18 Å². The molecule has 0 radical (unpaired) electrons. The predicted molar refractivity (Wildman–Crippen MR) is 90.0 cm³/mol. The minimum atomic E-state index is -0.509. The Morgan fingerprint density at radius 2 is 2.14 bits per heavy atom. The van der Waals surface area contributed by atoms with Crippen molar-refractivity contribution < 1.29 is 9.18 Å². The van der Waals surface area contributed by atoms with E-state index in [-0.39, 0.29) is 23.6 Å². The molecule has 1 unspecified atom stereocenters. The summed E-state index contributed by atoms with van der Waals surface area (Å²) in [6.07, 6.45) is 0. The summed E-state index contributed by atoms with van der Waals surface area (Å²) in [6.45, 7) is 5.53. The molecule has 0 bridgehead atoms. The van der Waals surface area contributed by atoms with Gasteiger partial charge in [-0.1, -0.05) is 0 Å². The lowest BCUT2D eigenvalue weighted by Crippen LogP contribution is -2.36. The van der Waals surface area contributed by atoms with Gasteiger partial charge in [0.1, 0.15) is 17.7 Å². The lowest BCUT2D eigenvalue weighted by molar-refractivity contribution is -0.124. The zero-order valence-electron chi connectivity index (χ0n) is 12.0. The molecule has 114 valence electrons. The number of carbonyl (C=O) groups excluding carboxylic acids is 1. The van der Waals surface area contributed by atoms with E-state index in [0.29, 0.717) is 20.4 Å². The highest BCUT2D eigenvalue weighted by molar-refractivity contribution is 14.1. The van der Waals surface area contributed by atoms with E-state index < -0.39 is 6.04 Å². The Kier molecular flexibility index (Phi) is 5.08. The second-order valence-electron chi connectivity index (χ2n) is 5.13. The Balaban J connectivity index is 2.55. The Morgan fingerprint density at radius 1 is 1.48 bits per heavy atom. The summed E-state index contributed by atoms with van der Waals surface area (Å²) in [5.41, 5.74) is 1.22. The van der Waals surface area contributed by atoms with Crippen molar-refractivity contribution in [2.75, 3.05) is 0 Å². The number of carbonyl (C=O) groups is 1. The van der Waals surface area contributed by atoms with Crippen LogP contribution in [0, 0.1) is 9.39 Å². The molecule has 21 heavy (non-hydrogen) atoms. The van der Waals surface area contributed by atoms with E-state index in [1.165, 1.54) is 6.07 Å². The average molecular weight is 424 g/mol. The smallest absolute Gasteiger partial charge is 0.243 e. The molecule has 1 aromatic carbocycles. The minimum absolute atomic E-state index is 0.0341. The van der Waals surface area contributed by atoms with Crippen molar-refractivity contribution in [3.63, 3.8) is 0 Å². The molecule has 1 atom stereocenters. The fourth-order valence-corrected chi connectivity index (χ4v) is 2.83. The van der Waals surface area contributed by atoms with Gasteiger partial charge in [0, 0.05) is 12.1 Å². The summed E-state index contributed by atoms with van der Waals surface area (Å²) in [4.78, 5) is 16.6. The molecule has 0 fully saturated rings. The summed E-state index contributed by atoms with van der Waals surface area (Å²) < 4.78 is 16.0. The van der Waals surface area contributed by atoms with Gasteiger partial charge in [-0.25, -0.2) is 9.37 Å². The number of aromatic nitrogens is 2. The summed E-state index contributed by atoms with van der Waals surface area (Å²) in [6, 6.07) is 2.59. The van der Waals surface area contributed by atoms with Gasteiger partial charge in [-0.15, -0.1) is 11.6 Å². The van der Waals surface area contributed by atoms with Crippen molar-refractivity contribution in [1.82, 2.24) is 14.9 Å². The second-order valence-corrected chi connectivity index (χ2v) is 6.56. The number of halogens is 3. The third-order valence-corrected chi connectivity index (χ3v) is 4.19. The SMILES string of the molecule is CC(C)NC(=O)C(C)n1c(CCl)nc2cc(I)c(F)cc21. The lowest BCUT2D eigenvalue weighted by atomic mass is 10.2. The van der Waals surface area contributed by atoms with Gasteiger partial charge in [0.25, 0.3) is 0 Å². The molecular formula is C14H16ClFIN3O. The number of imidazole rings is 1. The van der Waals surface area contributed by atoms with E-state index >= 15 is 0 Å². The molecule has 0 saturated heterocycles. The quantitative estimate of drug-likeness (QED) is 0.603. The molecule has 0 saturated carbocycles. The largest absolute Gasteiger partial charge is 0.352 e. The second kappa shape index (κ2) is 6.48. The van der Waals surface area contributed by atoms with Crippen LogP contribution in [-0.4, -0.2) is 21.5 Å². The summed E-state index contributed by atoms with van der Waals surface area (Å²) in [5, 5.41) is 2.85. The highest BCUT2D eigenvalue weighted by Crippen LogP contribution is 2.26. The van der Waals surface area contributed by atoms with Crippen LogP contribution in [0.4, 0.5) is 4.39 Å². The van der Waals surface area contributed by atoms with Crippen LogP contribution in [0.3, 0.4) is 0 Å². The van der Waals surface area contributed by atoms with Crippen LogP contribution in [-0.2, 0) is 10.7 Å². The molecule has 7 heteroatoms. The Morgan fingerprint density at radius 3 is 2.71 bits per heavy atom. The molecule has 1 amide bonds. The third-order valence-electron chi connectivity index (χ3n) is 3.12. The van der Waals surface area contributed by atoms with E-state index in [1.54, 1.807) is 17.6 Å². The average Bonchev–Trinajstić information content (AvgIpc) is 2.75. The number of hydrogen-bond donors (Lipinski definition) is 1. The summed E-state index contributed by atoms with van der Waals surface area (Å²) in [5.74, 6) is 0.238. The van der Waals surface area contributed by atoms with Crippen LogP contribution in [0.2, 0.25) is 0 Å². The number of hydrogen-bond acceptors (Lipinski definition) is 2. The lowest BCUT2D eigenvalue weighted by Gasteiger charge is -2.18. The first-order valence-electron chi connectivity index (χ1n) is 6.57. The zero-order chi connectivity index (χ0) is 15.7. The number of nitrogens with zero attached hydrogens (tertiary/aromatic N) is 2. The monoisotopic (exact) mass is 423 g/mol. The van der Waals surface area contributed by atoms with Crippen LogP contribution in [0.15, 0.2) is 12.1 Å². The van der Waals surface area contributed by atoms with Crippen molar-refractivity contribution in [3.8, 4) is 0 Å². The van der Waals surface area contributed by atoms with Gasteiger partial charge in [-0.2, -0.15) is 0 Å². The van der Waals surface area contributed by atoms with E-state index in [4.69, 9.17) is 11.6 Å². The van der Waals surface area contributed by atoms with Crippen LogP contribution in [0.5, 0.6) is 0 Å². The van der Waals surface area contributed by atoms with Crippen molar-refractivity contribution >= 4 is 51.1 Å². The van der Waals surface area contributed by atoms with E-state index in [1.807, 2.05) is 36.4 Å². The molecule has 4 nitrogen and oxygen atoms in total. The van der Waals surface area contributed by atoms with Crippen molar-refractivity contribution in [2.45, 2.75) is 38.7 Å². The molecule has 1 heterocycles. The van der Waals surface area contributed by atoms with E-state index in [0.717, 1.165) is 0 Å². The van der Waals surface area contributed by atoms with Gasteiger partial charge in [0.2, 0.25) is 5.91 Å². The van der Waals surface area contributed by atoms with Gasteiger partial charge >= 0.3 is 0 Å². The number of nitrogens with one attached hydrogen (secondary N) is 1. The first kappa shape index (κ1) is 16.5. The van der Waals surface area contributed by atoms with Gasteiger partial charge in [-0.3, -0.25) is 4.79 Å². The maximum Gasteiger partial charge on any atom is 0.243 e. The first-order chi connectivity index (χ1) is 9.85. The minimum Gasteiger partial charge on any atom is -0.352 e. The van der Waals surface area contributed by atoms with Gasteiger partial charge in [0.05, 0.1) is 20.5 Å². The fourth-order valence-electron chi connectivity index (χ4n) is 2.19. The molecule has 2 aromatic rings. The Bertz CT molecular complexity index is 686. The van der Waals surface area contributed by atoms with Crippen LogP contribution < -0.4 is 5.32 Å². The Hall–Kier alpha value is -0.890. The summed E-state index contributed by atoms with van der Waals surface area (Å²) in [7, 11) is 0. The highest BCUT2D eigenvalue weighted by atomic mass is 127. The summed E-state index contributed by atoms with van der Waals surface area (Å²) >= 11 is 7.84. The molecule has 0 aliphatic heterocycles. The van der Waals surface area contributed by atoms with Crippen molar-refractivity contribution in [2.24, 2.45) is 0 Å². The molecule has 0 aliphatic rings. The first-order valence-corrected chi connectivity index (χ1v) is 8.18. The molecule has 1 aromatic heterocycles. The maximum atomic E-state index is 13.8. The number of fused-ring (bicyclic) bond motifs is 1. The normalized spacial score (nSPS) is 12.9. The molecule has 0 spiro atoms. The van der Waals surface area contributed by atoms with Crippen LogP contribution in [0.25, 0.3) is 11.0 Å². The van der Waals surface area contributed by atoms with Crippen LogP contribution in [0.1, 0.15) is 32.6 Å². The standard InChI is InChI=1S/C14H16ClFIN3O/c1-7(2)18-14(21)8(3)20-12-4-9(16)10(17)5-11(12)19-13(20)6-15/h4-5,7-8H,6H2,1-3H3,(H,18,21). The van der Waals surface area contributed by atoms with Crippen molar-refractivity contribution in [1.29, 1.82) is 0 Å². The Labute approximate surface area is 141 Å². The van der Waals surface area contributed by atoms with Crippen LogP contribution >= 0.6 is 34.2 Å². The van der Waals surface area contributed by atoms with Gasteiger partial charge < -0.3 is 9.88 Å². The van der Waals surface area contributed by atoms with Gasteiger partial charge in [0.15, 0.2) is 0 Å². The number of alkyl halides is 1.